The zero-order valence-corrected chi connectivity index (χ0v) is 11.6. The fraction of sp³-hybridized carbons (Fsp3) is 0.667. The summed E-state index contributed by atoms with van der Waals surface area (Å²) in [5, 5.41) is 11.9. The van der Waals surface area contributed by atoms with Crippen molar-refractivity contribution in [3.63, 3.8) is 0 Å². The first kappa shape index (κ1) is 14.9. The summed E-state index contributed by atoms with van der Waals surface area (Å²) in [5.41, 5.74) is 0. The number of hydrogen-bond acceptors (Lipinski definition) is 3. The molecule has 1 aliphatic heterocycles. The predicted molar refractivity (Wildman–Crippen MR) is 72.6 cm³/mol. The van der Waals surface area contributed by atoms with Gasteiger partial charge in [-0.25, -0.2) is 9.59 Å². The molecule has 0 bridgehead atoms. The van der Waals surface area contributed by atoms with Gasteiger partial charge in [0.05, 0.1) is 5.37 Å². The van der Waals surface area contributed by atoms with Gasteiger partial charge in [-0.05, 0) is 19.8 Å². The number of nitrogens with zero attached hydrogens (tertiary/aromatic N) is 1. The fourth-order valence-corrected chi connectivity index (χ4v) is 3.28. The van der Waals surface area contributed by atoms with Crippen LogP contribution in [0.1, 0.15) is 26.7 Å². The van der Waals surface area contributed by atoms with Crippen LogP contribution in [0.4, 0.5) is 4.79 Å². The molecule has 18 heavy (non-hydrogen) atoms. The normalized spacial score (nSPS) is 24.7. The largest absolute Gasteiger partial charge is 0.480 e. The third-order valence-corrected chi connectivity index (χ3v) is 4.30. The number of nitrogens with one attached hydrogen (secondary N) is 1. The van der Waals surface area contributed by atoms with E-state index in [1.165, 1.54) is 16.7 Å². The lowest BCUT2D eigenvalue weighted by molar-refractivity contribution is -0.141. The van der Waals surface area contributed by atoms with Crippen molar-refractivity contribution in [3.8, 4) is 0 Å². The maximum Gasteiger partial charge on any atom is 0.327 e. The zero-order valence-electron chi connectivity index (χ0n) is 10.8. The first-order chi connectivity index (χ1) is 8.51. The van der Waals surface area contributed by atoms with Gasteiger partial charge in [0, 0.05) is 11.8 Å². The summed E-state index contributed by atoms with van der Waals surface area (Å²) < 4.78 is 0. The minimum absolute atomic E-state index is 0.0347. The average molecular weight is 272 g/mol. The van der Waals surface area contributed by atoms with Crippen LogP contribution in [0, 0.1) is 0 Å². The van der Waals surface area contributed by atoms with Crippen molar-refractivity contribution in [2.45, 2.75) is 44.1 Å². The Morgan fingerprint density at radius 2 is 2.33 bits per heavy atom. The molecule has 0 aromatic heterocycles. The van der Waals surface area contributed by atoms with E-state index >= 15 is 0 Å². The predicted octanol–water partition coefficient (Wildman–Crippen LogP) is 1.90. The van der Waals surface area contributed by atoms with E-state index in [-0.39, 0.29) is 17.4 Å². The van der Waals surface area contributed by atoms with Gasteiger partial charge in [0.15, 0.2) is 0 Å². The molecule has 3 unspecified atom stereocenters. The van der Waals surface area contributed by atoms with Gasteiger partial charge in [0.1, 0.15) is 6.04 Å². The molecule has 1 fully saturated rings. The number of carbonyl (C=O) groups is 2. The van der Waals surface area contributed by atoms with Crippen LogP contribution in [0.5, 0.6) is 0 Å². The lowest BCUT2D eigenvalue weighted by Crippen LogP contribution is -2.51. The van der Waals surface area contributed by atoms with Crippen molar-refractivity contribution in [1.82, 2.24) is 10.2 Å². The molecule has 2 N–H and O–H groups in total. The SMILES string of the molecule is C=CCC(C)NC(=O)N1C(CC)SCC1C(=O)O. The van der Waals surface area contributed by atoms with Crippen LogP contribution in [0.15, 0.2) is 12.7 Å². The molecule has 3 atom stereocenters. The Morgan fingerprint density at radius 1 is 1.67 bits per heavy atom. The zero-order chi connectivity index (χ0) is 13.7. The summed E-state index contributed by atoms with van der Waals surface area (Å²) in [5.74, 6) is -0.484. The molecule has 0 aliphatic carbocycles. The van der Waals surface area contributed by atoms with Crippen LogP contribution < -0.4 is 5.32 Å². The number of carboxylic acids is 1. The van der Waals surface area contributed by atoms with Crippen LogP contribution in [0.25, 0.3) is 0 Å². The second kappa shape index (κ2) is 6.68. The molecule has 0 aromatic carbocycles. The lowest BCUT2D eigenvalue weighted by atomic mass is 10.2. The highest BCUT2D eigenvalue weighted by atomic mass is 32.2. The second-order valence-electron chi connectivity index (χ2n) is 4.33. The van der Waals surface area contributed by atoms with Gasteiger partial charge in [-0.3, -0.25) is 4.90 Å². The quantitative estimate of drug-likeness (QED) is 0.750. The van der Waals surface area contributed by atoms with Crippen LogP contribution in [0.3, 0.4) is 0 Å². The summed E-state index contributed by atoms with van der Waals surface area (Å²) in [7, 11) is 0. The van der Waals surface area contributed by atoms with Gasteiger partial charge in [0.25, 0.3) is 0 Å². The van der Waals surface area contributed by atoms with Gasteiger partial charge >= 0.3 is 12.0 Å². The summed E-state index contributed by atoms with van der Waals surface area (Å²) >= 11 is 1.52. The Morgan fingerprint density at radius 3 is 2.83 bits per heavy atom. The summed E-state index contributed by atoms with van der Waals surface area (Å²) in [4.78, 5) is 24.7. The first-order valence-corrected chi connectivity index (χ1v) is 7.10. The van der Waals surface area contributed by atoms with E-state index in [1.54, 1.807) is 6.08 Å². The average Bonchev–Trinajstić information content (AvgIpc) is 2.72. The van der Waals surface area contributed by atoms with E-state index < -0.39 is 12.0 Å². The van der Waals surface area contributed by atoms with Crippen molar-refractivity contribution in [2.75, 3.05) is 5.75 Å². The van der Waals surface area contributed by atoms with E-state index in [0.29, 0.717) is 12.2 Å². The third-order valence-electron chi connectivity index (χ3n) is 2.85. The number of carbonyl (C=O) groups excluding carboxylic acids is 1. The van der Waals surface area contributed by atoms with Crippen molar-refractivity contribution in [1.29, 1.82) is 0 Å². The van der Waals surface area contributed by atoms with Crippen molar-refractivity contribution in [3.05, 3.63) is 12.7 Å². The Hall–Kier alpha value is -1.17. The number of amides is 2. The minimum atomic E-state index is -0.940. The van der Waals surface area contributed by atoms with Gasteiger partial charge in [0.2, 0.25) is 0 Å². The van der Waals surface area contributed by atoms with E-state index in [1.807, 2.05) is 13.8 Å². The molecule has 0 radical (unpaired) electrons. The first-order valence-electron chi connectivity index (χ1n) is 6.05. The monoisotopic (exact) mass is 272 g/mol. The molecule has 1 aliphatic rings. The van der Waals surface area contributed by atoms with Gasteiger partial charge in [-0.1, -0.05) is 13.0 Å². The van der Waals surface area contributed by atoms with Crippen LogP contribution in [0.2, 0.25) is 0 Å². The van der Waals surface area contributed by atoms with Gasteiger partial charge < -0.3 is 10.4 Å². The second-order valence-corrected chi connectivity index (χ2v) is 5.54. The van der Waals surface area contributed by atoms with Crippen LogP contribution in [-0.2, 0) is 4.79 Å². The number of urea groups is 1. The highest BCUT2D eigenvalue weighted by molar-refractivity contribution is 8.00. The van der Waals surface area contributed by atoms with Crippen molar-refractivity contribution in [2.24, 2.45) is 0 Å². The smallest absolute Gasteiger partial charge is 0.327 e. The Labute approximate surface area is 112 Å². The molecule has 6 heteroatoms. The van der Waals surface area contributed by atoms with Crippen molar-refractivity contribution < 1.29 is 14.7 Å². The summed E-state index contributed by atoms with van der Waals surface area (Å²) in [6, 6.07) is -1.06. The number of thioether (sulfide) groups is 1. The molecule has 0 saturated carbocycles. The summed E-state index contributed by atoms with van der Waals surface area (Å²) in [6.07, 6.45) is 3.15. The standard InChI is InChI=1S/C12H20N2O3S/c1-4-6-8(3)13-12(17)14-9(11(15)16)7-18-10(14)5-2/h4,8-10H,1,5-7H2,2-3H3,(H,13,17)(H,15,16). The molecule has 0 aromatic rings. The van der Waals surface area contributed by atoms with Gasteiger partial charge in [-0.2, -0.15) is 0 Å². The Kier molecular flexibility index (Phi) is 5.53. The molecular formula is C12H20N2O3S. The molecule has 102 valence electrons. The van der Waals surface area contributed by atoms with E-state index in [0.717, 1.165) is 6.42 Å². The lowest BCUT2D eigenvalue weighted by Gasteiger charge is -2.28. The van der Waals surface area contributed by atoms with Crippen LogP contribution in [-0.4, -0.2) is 45.2 Å². The number of carboxylic acid groups (broad SMARTS) is 1. The summed E-state index contributed by atoms with van der Waals surface area (Å²) in [6.45, 7) is 7.44. The fourth-order valence-electron chi connectivity index (χ4n) is 1.93. The van der Waals surface area contributed by atoms with E-state index in [4.69, 9.17) is 5.11 Å². The Bertz CT molecular complexity index is 335. The van der Waals surface area contributed by atoms with E-state index in [9.17, 15) is 9.59 Å². The van der Waals surface area contributed by atoms with Crippen LogP contribution >= 0.6 is 11.8 Å². The molecule has 1 heterocycles. The maximum atomic E-state index is 12.1. The molecular weight excluding hydrogens is 252 g/mol. The molecule has 1 saturated heterocycles. The minimum Gasteiger partial charge on any atom is -0.480 e. The molecule has 5 nitrogen and oxygen atoms in total. The maximum absolute atomic E-state index is 12.1. The van der Waals surface area contributed by atoms with E-state index in [2.05, 4.69) is 11.9 Å². The number of rotatable bonds is 5. The third kappa shape index (κ3) is 3.41. The number of aliphatic carboxylic acids is 1. The van der Waals surface area contributed by atoms with Crippen molar-refractivity contribution >= 4 is 23.8 Å². The Balaban J connectivity index is 2.72. The molecule has 0 spiro atoms. The molecule has 2 amide bonds. The topological polar surface area (TPSA) is 69.6 Å². The molecule has 1 rings (SSSR count). The highest BCUT2D eigenvalue weighted by Gasteiger charge is 2.40. The highest BCUT2D eigenvalue weighted by Crippen LogP contribution is 2.31. The number of hydrogen-bond donors (Lipinski definition) is 2. The van der Waals surface area contributed by atoms with Gasteiger partial charge in [-0.15, -0.1) is 18.3 Å².